The third kappa shape index (κ3) is 5.68. The molecule has 0 radical (unpaired) electrons. The number of nitrogen functional groups attached to an aromatic ring is 1. The zero-order chi connectivity index (χ0) is 13.5. The molecule has 1 unspecified atom stereocenters. The number of rotatable bonds is 6. The van der Waals surface area contributed by atoms with Crippen LogP contribution in [0.1, 0.15) is 18.9 Å². The van der Waals surface area contributed by atoms with Crippen molar-refractivity contribution in [2.24, 2.45) is 0 Å². The standard InChI is InChI=1S/C14H23N3O/c1-11(8-9-17(2)3)16-14(18)10-12-4-6-13(15)7-5-12/h4-7,11H,8-10,15H2,1-3H3,(H,16,18). The van der Waals surface area contributed by atoms with Gasteiger partial charge in [-0.05, 0) is 51.7 Å². The van der Waals surface area contributed by atoms with Gasteiger partial charge in [-0.25, -0.2) is 0 Å². The van der Waals surface area contributed by atoms with Gasteiger partial charge in [0.2, 0.25) is 5.91 Å². The molecule has 0 aliphatic carbocycles. The molecule has 0 aliphatic heterocycles. The summed E-state index contributed by atoms with van der Waals surface area (Å²) in [5, 5.41) is 3.00. The maximum absolute atomic E-state index is 11.8. The predicted molar refractivity (Wildman–Crippen MR) is 75.3 cm³/mol. The van der Waals surface area contributed by atoms with Gasteiger partial charge in [0, 0.05) is 11.7 Å². The lowest BCUT2D eigenvalue weighted by atomic mass is 10.1. The molecule has 0 aliphatic rings. The van der Waals surface area contributed by atoms with Crippen LogP contribution < -0.4 is 11.1 Å². The fourth-order valence-electron chi connectivity index (χ4n) is 1.67. The Bertz CT molecular complexity index is 373. The van der Waals surface area contributed by atoms with Crippen LogP contribution in [0.5, 0.6) is 0 Å². The number of nitrogens with two attached hydrogens (primary N) is 1. The van der Waals surface area contributed by atoms with Crippen LogP contribution in [0.3, 0.4) is 0 Å². The van der Waals surface area contributed by atoms with E-state index in [9.17, 15) is 4.79 Å². The van der Waals surface area contributed by atoms with E-state index in [1.165, 1.54) is 0 Å². The number of nitrogens with zero attached hydrogens (tertiary/aromatic N) is 1. The zero-order valence-corrected chi connectivity index (χ0v) is 11.4. The van der Waals surface area contributed by atoms with Crippen molar-refractivity contribution in [2.75, 3.05) is 26.4 Å². The van der Waals surface area contributed by atoms with Crippen LogP contribution in [0.4, 0.5) is 5.69 Å². The summed E-state index contributed by atoms with van der Waals surface area (Å²) in [5.41, 5.74) is 7.31. The van der Waals surface area contributed by atoms with E-state index in [2.05, 4.69) is 10.2 Å². The highest BCUT2D eigenvalue weighted by molar-refractivity contribution is 5.78. The molecule has 0 fully saturated rings. The number of carbonyl (C=O) groups excluding carboxylic acids is 1. The van der Waals surface area contributed by atoms with Crippen LogP contribution >= 0.6 is 0 Å². The molecular weight excluding hydrogens is 226 g/mol. The Morgan fingerprint density at radius 3 is 2.50 bits per heavy atom. The van der Waals surface area contributed by atoms with Crippen LogP contribution in [-0.4, -0.2) is 37.5 Å². The lowest BCUT2D eigenvalue weighted by Gasteiger charge is -2.16. The molecule has 1 atom stereocenters. The molecule has 4 heteroatoms. The van der Waals surface area contributed by atoms with Crippen molar-refractivity contribution in [2.45, 2.75) is 25.8 Å². The quantitative estimate of drug-likeness (QED) is 0.746. The lowest BCUT2D eigenvalue weighted by molar-refractivity contribution is -0.121. The summed E-state index contributed by atoms with van der Waals surface area (Å²) in [6.07, 6.45) is 1.37. The first-order valence-electron chi connectivity index (χ1n) is 6.26. The molecule has 0 heterocycles. The Morgan fingerprint density at radius 2 is 1.94 bits per heavy atom. The molecule has 0 saturated carbocycles. The summed E-state index contributed by atoms with van der Waals surface area (Å²) in [7, 11) is 4.06. The van der Waals surface area contributed by atoms with Crippen molar-refractivity contribution in [3.8, 4) is 0 Å². The van der Waals surface area contributed by atoms with Crippen molar-refractivity contribution in [1.29, 1.82) is 0 Å². The normalized spacial score (nSPS) is 12.4. The SMILES string of the molecule is CC(CCN(C)C)NC(=O)Cc1ccc(N)cc1. The fourth-order valence-corrected chi connectivity index (χ4v) is 1.67. The molecule has 0 saturated heterocycles. The first-order valence-corrected chi connectivity index (χ1v) is 6.26. The van der Waals surface area contributed by atoms with Gasteiger partial charge in [0.05, 0.1) is 6.42 Å². The van der Waals surface area contributed by atoms with Gasteiger partial charge < -0.3 is 16.0 Å². The monoisotopic (exact) mass is 249 g/mol. The van der Waals surface area contributed by atoms with E-state index in [-0.39, 0.29) is 11.9 Å². The highest BCUT2D eigenvalue weighted by atomic mass is 16.1. The van der Waals surface area contributed by atoms with Gasteiger partial charge in [-0.1, -0.05) is 12.1 Å². The Morgan fingerprint density at radius 1 is 1.33 bits per heavy atom. The van der Waals surface area contributed by atoms with Crippen molar-refractivity contribution < 1.29 is 4.79 Å². The van der Waals surface area contributed by atoms with Crippen molar-refractivity contribution in [3.63, 3.8) is 0 Å². The zero-order valence-electron chi connectivity index (χ0n) is 11.4. The second-order valence-corrected chi connectivity index (χ2v) is 4.98. The topological polar surface area (TPSA) is 58.4 Å². The summed E-state index contributed by atoms with van der Waals surface area (Å²) in [6.45, 7) is 3.01. The molecule has 1 rings (SSSR count). The Labute approximate surface area is 109 Å². The first-order chi connectivity index (χ1) is 8.47. The second kappa shape index (κ2) is 7.01. The lowest BCUT2D eigenvalue weighted by Crippen LogP contribution is -2.35. The summed E-state index contributed by atoms with van der Waals surface area (Å²) >= 11 is 0. The van der Waals surface area contributed by atoms with Gasteiger partial charge in [-0.15, -0.1) is 0 Å². The summed E-state index contributed by atoms with van der Waals surface area (Å²) in [4.78, 5) is 13.9. The van der Waals surface area contributed by atoms with E-state index >= 15 is 0 Å². The second-order valence-electron chi connectivity index (χ2n) is 4.98. The van der Waals surface area contributed by atoms with Gasteiger partial charge in [0.15, 0.2) is 0 Å². The average Bonchev–Trinajstić information content (AvgIpc) is 2.29. The van der Waals surface area contributed by atoms with Crippen molar-refractivity contribution >= 4 is 11.6 Å². The molecular formula is C14H23N3O. The van der Waals surface area contributed by atoms with Crippen LogP contribution in [-0.2, 0) is 11.2 Å². The largest absolute Gasteiger partial charge is 0.399 e. The van der Waals surface area contributed by atoms with E-state index in [0.29, 0.717) is 6.42 Å². The molecule has 3 N–H and O–H groups in total. The maximum atomic E-state index is 11.8. The minimum absolute atomic E-state index is 0.0611. The Balaban J connectivity index is 2.34. The van der Waals surface area contributed by atoms with Gasteiger partial charge >= 0.3 is 0 Å². The molecule has 0 spiro atoms. The highest BCUT2D eigenvalue weighted by Crippen LogP contribution is 2.06. The summed E-state index contributed by atoms with van der Waals surface area (Å²) in [5.74, 6) is 0.0611. The van der Waals surface area contributed by atoms with Gasteiger partial charge in [0.25, 0.3) is 0 Å². The number of carbonyl (C=O) groups is 1. The molecule has 0 bridgehead atoms. The summed E-state index contributed by atoms with van der Waals surface area (Å²) in [6, 6.07) is 7.61. The third-order valence-electron chi connectivity index (χ3n) is 2.76. The average molecular weight is 249 g/mol. The number of anilines is 1. The first kappa shape index (κ1) is 14.5. The Hall–Kier alpha value is -1.55. The number of amides is 1. The molecule has 1 amide bonds. The van der Waals surface area contributed by atoms with Gasteiger partial charge in [0.1, 0.15) is 0 Å². The minimum Gasteiger partial charge on any atom is -0.399 e. The van der Waals surface area contributed by atoms with E-state index in [4.69, 9.17) is 5.73 Å². The van der Waals surface area contributed by atoms with Gasteiger partial charge in [-0.2, -0.15) is 0 Å². The third-order valence-corrected chi connectivity index (χ3v) is 2.76. The van der Waals surface area contributed by atoms with Crippen LogP contribution in [0, 0.1) is 0 Å². The van der Waals surface area contributed by atoms with Gasteiger partial charge in [-0.3, -0.25) is 4.79 Å². The van der Waals surface area contributed by atoms with Crippen LogP contribution in [0.2, 0.25) is 0 Å². The number of nitrogens with one attached hydrogen (secondary N) is 1. The fraction of sp³-hybridized carbons (Fsp3) is 0.500. The van der Waals surface area contributed by atoms with E-state index < -0.39 is 0 Å². The van der Waals surface area contributed by atoms with E-state index in [1.807, 2.05) is 45.3 Å². The highest BCUT2D eigenvalue weighted by Gasteiger charge is 2.08. The molecule has 18 heavy (non-hydrogen) atoms. The molecule has 0 aromatic heterocycles. The van der Waals surface area contributed by atoms with E-state index in [1.54, 1.807) is 0 Å². The number of hydrogen-bond donors (Lipinski definition) is 2. The molecule has 1 aromatic rings. The number of hydrogen-bond acceptors (Lipinski definition) is 3. The molecule has 100 valence electrons. The maximum Gasteiger partial charge on any atom is 0.224 e. The summed E-state index contributed by atoms with van der Waals surface area (Å²) < 4.78 is 0. The molecule has 4 nitrogen and oxygen atoms in total. The minimum atomic E-state index is 0.0611. The van der Waals surface area contributed by atoms with E-state index in [0.717, 1.165) is 24.2 Å². The Kier molecular flexibility index (Phi) is 5.65. The van der Waals surface area contributed by atoms with Crippen LogP contribution in [0.25, 0.3) is 0 Å². The van der Waals surface area contributed by atoms with Crippen molar-refractivity contribution in [1.82, 2.24) is 10.2 Å². The number of benzene rings is 1. The smallest absolute Gasteiger partial charge is 0.224 e. The predicted octanol–water partition coefficient (Wildman–Crippen LogP) is 1.27. The van der Waals surface area contributed by atoms with Crippen LogP contribution in [0.15, 0.2) is 24.3 Å². The van der Waals surface area contributed by atoms with Crippen molar-refractivity contribution in [3.05, 3.63) is 29.8 Å². The molecule has 1 aromatic carbocycles.